The van der Waals surface area contributed by atoms with Crippen molar-refractivity contribution in [2.45, 2.75) is 26.1 Å². The SMILES string of the molecule is C/C=C(/C=N\N(C)C)C(\N)=C\N(N)c1cc(C(=O)Nc2cc(C(F)(F)F)ccc2NC[C@@H](O)CO)ccc1C. The molecule has 0 saturated heterocycles. The number of aliphatic hydroxyl groups is 2. The van der Waals surface area contributed by atoms with Gasteiger partial charge in [-0.3, -0.25) is 9.80 Å². The molecular weight excluding hydrogens is 515 g/mol. The Morgan fingerprint density at radius 2 is 1.87 bits per heavy atom. The first-order valence-corrected chi connectivity index (χ1v) is 11.8. The molecule has 0 radical (unpaired) electrons. The van der Waals surface area contributed by atoms with Crippen molar-refractivity contribution in [3.8, 4) is 0 Å². The predicted molar refractivity (Wildman–Crippen MR) is 147 cm³/mol. The van der Waals surface area contributed by atoms with Gasteiger partial charge in [-0.05, 0) is 49.7 Å². The number of anilines is 3. The third-order valence-electron chi connectivity index (χ3n) is 5.43. The summed E-state index contributed by atoms with van der Waals surface area (Å²) < 4.78 is 40.0. The second-order valence-corrected chi connectivity index (χ2v) is 8.76. The molecule has 0 aliphatic rings. The molecule has 212 valence electrons. The van der Waals surface area contributed by atoms with Crippen molar-refractivity contribution in [1.29, 1.82) is 0 Å². The van der Waals surface area contributed by atoms with E-state index in [0.29, 0.717) is 22.5 Å². The number of carbonyl (C=O) groups is 1. The molecule has 2 aromatic rings. The van der Waals surface area contributed by atoms with Gasteiger partial charge in [0.25, 0.3) is 5.91 Å². The van der Waals surface area contributed by atoms with E-state index in [2.05, 4.69) is 15.7 Å². The van der Waals surface area contributed by atoms with E-state index >= 15 is 0 Å². The number of hydrogen-bond acceptors (Lipinski definition) is 9. The topological polar surface area (TPSA) is 152 Å². The number of nitrogens with zero attached hydrogens (tertiary/aromatic N) is 3. The number of hydrazine groups is 1. The number of aryl methyl sites for hydroxylation is 1. The van der Waals surface area contributed by atoms with Crippen LogP contribution in [-0.2, 0) is 6.18 Å². The molecule has 2 aromatic carbocycles. The van der Waals surface area contributed by atoms with Crippen LogP contribution in [0.2, 0.25) is 0 Å². The number of halogens is 3. The minimum Gasteiger partial charge on any atom is -0.397 e. The highest BCUT2D eigenvalue weighted by Crippen LogP contribution is 2.34. The van der Waals surface area contributed by atoms with Crippen molar-refractivity contribution in [3.05, 3.63) is 76.6 Å². The normalized spacial score (nSPS) is 13.4. The fourth-order valence-corrected chi connectivity index (χ4v) is 3.28. The number of nitrogens with two attached hydrogens (primary N) is 2. The van der Waals surface area contributed by atoms with Crippen LogP contribution in [0, 0.1) is 6.92 Å². The summed E-state index contributed by atoms with van der Waals surface area (Å²) in [6.07, 6.45) is -1.01. The number of allylic oxidation sites excluding steroid dienone is 2. The summed E-state index contributed by atoms with van der Waals surface area (Å²) in [6.45, 7) is 2.86. The zero-order valence-corrected chi connectivity index (χ0v) is 22.1. The summed E-state index contributed by atoms with van der Waals surface area (Å²) in [5, 5.41) is 30.8. The number of benzene rings is 2. The average molecular weight is 550 g/mol. The lowest BCUT2D eigenvalue weighted by atomic mass is 10.1. The number of amides is 1. The Kier molecular flexibility index (Phi) is 10.9. The van der Waals surface area contributed by atoms with Crippen LogP contribution in [0.1, 0.15) is 28.4 Å². The summed E-state index contributed by atoms with van der Waals surface area (Å²) in [5.74, 6) is 5.53. The molecule has 0 heterocycles. The Labute approximate surface area is 225 Å². The first-order valence-electron chi connectivity index (χ1n) is 11.8. The lowest BCUT2D eigenvalue weighted by molar-refractivity contribution is -0.137. The van der Waals surface area contributed by atoms with Crippen molar-refractivity contribution in [2.24, 2.45) is 16.7 Å². The maximum Gasteiger partial charge on any atom is 0.416 e. The second kappa shape index (κ2) is 13.6. The summed E-state index contributed by atoms with van der Waals surface area (Å²) in [7, 11) is 3.52. The van der Waals surface area contributed by atoms with Gasteiger partial charge in [0.05, 0.1) is 47.2 Å². The maximum absolute atomic E-state index is 13.3. The van der Waals surface area contributed by atoms with E-state index in [1.165, 1.54) is 23.3 Å². The van der Waals surface area contributed by atoms with Crippen molar-refractivity contribution >= 4 is 29.2 Å². The number of hydrazone groups is 1. The van der Waals surface area contributed by atoms with Gasteiger partial charge in [-0.1, -0.05) is 12.1 Å². The van der Waals surface area contributed by atoms with Crippen LogP contribution >= 0.6 is 0 Å². The maximum atomic E-state index is 13.3. The summed E-state index contributed by atoms with van der Waals surface area (Å²) in [6, 6.07) is 7.39. The molecule has 10 nitrogen and oxygen atoms in total. The standard InChI is InChI=1S/C26H34F3N7O3/c1-5-17(12-33-35(3)4)21(30)14-36(31)24-10-18(7-6-16(24)2)25(39)34-23-11-19(26(27,28)29)8-9-22(23)32-13-20(38)15-37/h5-12,14,20,32,37-38H,13,15,30-31H2,1-4H3,(H,34,39)/b17-5-,21-14-,33-12-/t20-/m1/s1. The van der Waals surface area contributed by atoms with E-state index in [1.807, 2.05) is 0 Å². The van der Waals surface area contributed by atoms with Crippen molar-refractivity contribution < 1.29 is 28.2 Å². The molecule has 2 rings (SSSR count). The number of carbonyl (C=O) groups excluding carboxylic acids is 1. The van der Waals surface area contributed by atoms with Crippen molar-refractivity contribution in [3.63, 3.8) is 0 Å². The monoisotopic (exact) mass is 549 g/mol. The van der Waals surface area contributed by atoms with Crippen LogP contribution in [0.3, 0.4) is 0 Å². The highest BCUT2D eigenvalue weighted by Gasteiger charge is 2.31. The van der Waals surface area contributed by atoms with E-state index in [1.54, 1.807) is 51.3 Å². The molecule has 8 N–H and O–H groups in total. The summed E-state index contributed by atoms with van der Waals surface area (Å²) in [5.41, 5.74) is 7.36. The molecule has 0 fully saturated rings. The minimum absolute atomic E-state index is 0.122. The van der Waals surface area contributed by atoms with E-state index in [-0.39, 0.29) is 23.5 Å². The zero-order chi connectivity index (χ0) is 29.3. The third-order valence-corrected chi connectivity index (χ3v) is 5.43. The molecule has 0 spiro atoms. The molecule has 0 bridgehead atoms. The lowest BCUT2D eigenvalue weighted by Crippen LogP contribution is -2.28. The second-order valence-electron chi connectivity index (χ2n) is 8.76. The molecule has 13 heteroatoms. The van der Waals surface area contributed by atoms with Gasteiger partial charge in [-0.2, -0.15) is 18.3 Å². The third kappa shape index (κ3) is 9.02. The van der Waals surface area contributed by atoms with Gasteiger partial charge >= 0.3 is 6.18 Å². The number of hydrogen-bond donors (Lipinski definition) is 6. The molecule has 1 amide bonds. The lowest BCUT2D eigenvalue weighted by Gasteiger charge is -2.20. The molecule has 0 saturated carbocycles. The molecule has 0 aliphatic carbocycles. The Balaban J connectivity index is 2.37. The first-order chi connectivity index (χ1) is 18.3. The smallest absolute Gasteiger partial charge is 0.397 e. The van der Waals surface area contributed by atoms with Gasteiger partial charge in [0.15, 0.2) is 0 Å². The number of rotatable bonds is 11. The Morgan fingerprint density at radius 3 is 2.46 bits per heavy atom. The van der Waals surface area contributed by atoms with Crippen molar-refractivity contribution in [1.82, 2.24) is 5.01 Å². The van der Waals surface area contributed by atoms with Crippen molar-refractivity contribution in [2.75, 3.05) is 42.9 Å². The number of alkyl halides is 3. The Hall–Kier alpha value is -4.07. The van der Waals surface area contributed by atoms with Crippen LogP contribution in [0.25, 0.3) is 0 Å². The van der Waals surface area contributed by atoms with Crippen LogP contribution in [0.15, 0.2) is 65.0 Å². The molecule has 0 unspecified atom stereocenters. The van der Waals surface area contributed by atoms with E-state index < -0.39 is 30.4 Å². The quantitative estimate of drug-likeness (QED) is 0.108. The van der Waals surface area contributed by atoms with Crippen LogP contribution in [0.5, 0.6) is 0 Å². The Morgan fingerprint density at radius 1 is 1.18 bits per heavy atom. The Bertz CT molecular complexity index is 1240. The van der Waals surface area contributed by atoms with Gasteiger partial charge in [-0.15, -0.1) is 0 Å². The first kappa shape index (κ1) is 31.1. The fourth-order valence-electron chi connectivity index (χ4n) is 3.28. The zero-order valence-electron chi connectivity index (χ0n) is 22.1. The van der Waals surface area contributed by atoms with Gasteiger partial charge < -0.3 is 31.6 Å². The fraction of sp³-hybridized carbons (Fsp3) is 0.308. The molecular formula is C26H34F3N7O3. The van der Waals surface area contributed by atoms with Gasteiger partial charge in [0.1, 0.15) is 0 Å². The molecule has 39 heavy (non-hydrogen) atoms. The van der Waals surface area contributed by atoms with E-state index in [0.717, 1.165) is 18.2 Å². The highest BCUT2D eigenvalue weighted by atomic mass is 19.4. The van der Waals surface area contributed by atoms with E-state index in [4.69, 9.17) is 16.7 Å². The van der Waals surface area contributed by atoms with E-state index in [9.17, 15) is 23.1 Å². The number of nitrogens with one attached hydrogen (secondary N) is 2. The molecule has 0 aromatic heterocycles. The van der Waals surface area contributed by atoms with Gasteiger partial charge in [0.2, 0.25) is 0 Å². The number of aliphatic hydroxyl groups excluding tert-OH is 2. The van der Waals surface area contributed by atoms with Crippen LogP contribution in [-0.4, -0.2) is 60.7 Å². The minimum atomic E-state index is -4.64. The summed E-state index contributed by atoms with van der Waals surface area (Å²) >= 11 is 0. The molecule has 0 aliphatic heterocycles. The van der Waals surface area contributed by atoms with Gasteiger partial charge in [0, 0.05) is 38.0 Å². The van der Waals surface area contributed by atoms with Gasteiger partial charge in [-0.25, -0.2) is 5.84 Å². The van der Waals surface area contributed by atoms with Crippen LogP contribution in [0.4, 0.5) is 30.2 Å². The predicted octanol–water partition coefficient (Wildman–Crippen LogP) is 3.01. The largest absolute Gasteiger partial charge is 0.416 e. The summed E-state index contributed by atoms with van der Waals surface area (Å²) in [4.78, 5) is 13.1. The van der Waals surface area contributed by atoms with Crippen LogP contribution < -0.4 is 27.2 Å². The average Bonchev–Trinajstić information content (AvgIpc) is 2.87. The molecule has 1 atom stereocenters. The highest BCUT2D eigenvalue weighted by molar-refractivity contribution is 6.06.